The van der Waals surface area contributed by atoms with Gasteiger partial charge in [0, 0.05) is 24.8 Å². The van der Waals surface area contributed by atoms with Gasteiger partial charge >= 0.3 is 6.03 Å². The van der Waals surface area contributed by atoms with E-state index in [4.69, 9.17) is 9.84 Å². The van der Waals surface area contributed by atoms with Crippen LogP contribution in [-0.2, 0) is 0 Å². The van der Waals surface area contributed by atoms with Crippen LogP contribution < -0.4 is 10.1 Å². The van der Waals surface area contributed by atoms with E-state index in [1.54, 1.807) is 23.4 Å². The fraction of sp³-hybridized carbons (Fsp3) is 0.524. The Hall–Kier alpha value is -2.58. The molecule has 1 heterocycles. The average Bonchev–Trinajstić information content (AvgIpc) is 3.28. The molecular weight excluding hydrogens is 372 g/mol. The Labute approximate surface area is 170 Å². The van der Waals surface area contributed by atoms with E-state index >= 15 is 0 Å². The van der Waals surface area contributed by atoms with Gasteiger partial charge in [-0.15, -0.1) is 0 Å². The Morgan fingerprint density at radius 2 is 2.03 bits per heavy atom. The number of hydrogen-bond acceptors (Lipinski definition) is 5. The highest BCUT2D eigenvalue weighted by Gasteiger charge is 2.21. The molecule has 1 aromatic carbocycles. The van der Waals surface area contributed by atoms with Gasteiger partial charge in [0.1, 0.15) is 12.4 Å². The largest absolute Gasteiger partial charge is 0.489 e. The van der Waals surface area contributed by atoms with E-state index in [2.05, 4.69) is 15.5 Å². The van der Waals surface area contributed by atoms with Gasteiger partial charge in [-0.05, 0) is 36.5 Å². The summed E-state index contributed by atoms with van der Waals surface area (Å²) in [5.74, 6) is 0.961. The van der Waals surface area contributed by atoms with Gasteiger partial charge in [-0.3, -0.25) is 5.10 Å². The van der Waals surface area contributed by atoms with Crippen LogP contribution in [0.1, 0.15) is 32.1 Å². The molecule has 0 radical (unpaired) electrons. The summed E-state index contributed by atoms with van der Waals surface area (Å²) in [6, 6.07) is 5.22. The van der Waals surface area contributed by atoms with Crippen molar-refractivity contribution in [2.75, 3.05) is 38.2 Å². The van der Waals surface area contributed by atoms with Gasteiger partial charge in [-0.25, -0.2) is 4.79 Å². The molecule has 1 aliphatic rings. The second-order valence-electron chi connectivity index (χ2n) is 7.37. The number of aliphatic hydroxyl groups excluding tert-OH is 2. The van der Waals surface area contributed by atoms with Crippen molar-refractivity contribution in [2.24, 2.45) is 5.92 Å². The molecule has 0 bridgehead atoms. The van der Waals surface area contributed by atoms with E-state index in [1.807, 2.05) is 12.1 Å². The van der Waals surface area contributed by atoms with Crippen molar-refractivity contribution in [2.45, 2.75) is 32.1 Å². The van der Waals surface area contributed by atoms with Crippen LogP contribution in [0.4, 0.5) is 10.5 Å². The number of anilines is 1. The Bertz CT molecular complexity index is 760. The quantitative estimate of drug-likeness (QED) is 0.515. The molecule has 29 heavy (non-hydrogen) atoms. The number of rotatable bonds is 9. The Balaban J connectivity index is 1.73. The van der Waals surface area contributed by atoms with E-state index < -0.39 is 0 Å². The van der Waals surface area contributed by atoms with Crippen molar-refractivity contribution >= 4 is 11.7 Å². The summed E-state index contributed by atoms with van der Waals surface area (Å²) >= 11 is 0. The third kappa shape index (κ3) is 5.95. The lowest BCUT2D eigenvalue weighted by Gasteiger charge is -2.29. The summed E-state index contributed by atoms with van der Waals surface area (Å²) in [4.78, 5) is 14.6. The first-order valence-electron chi connectivity index (χ1n) is 10.2. The minimum absolute atomic E-state index is 0.0760. The molecule has 1 fully saturated rings. The predicted molar refractivity (Wildman–Crippen MR) is 111 cm³/mol. The van der Waals surface area contributed by atoms with Crippen molar-refractivity contribution < 1.29 is 19.7 Å². The first-order valence-corrected chi connectivity index (χ1v) is 10.2. The number of H-pyrrole nitrogens is 1. The molecule has 0 atom stereocenters. The van der Waals surface area contributed by atoms with Crippen molar-refractivity contribution in [1.29, 1.82) is 0 Å². The molecule has 4 N–H and O–H groups in total. The van der Waals surface area contributed by atoms with Crippen LogP contribution in [0.5, 0.6) is 5.75 Å². The topological polar surface area (TPSA) is 111 Å². The maximum Gasteiger partial charge on any atom is 0.322 e. The second-order valence-corrected chi connectivity index (χ2v) is 7.37. The van der Waals surface area contributed by atoms with Gasteiger partial charge < -0.3 is 25.2 Å². The van der Waals surface area contributed by atoms with Crippen LogP contribution in [0, 0.1) is 5.92 Å². The van der Waals surface area contributed by atoms with Gasteiger partial charge in [0.25, 0.3) is 0 Å². The molecule has 0 aliphatic heterocycles. The van der Waals surface area contributed by atoms with Gasteiger partial charge in [0.05, 0.1) is 25.1 Å². The number of hydrogen-bond donors (Lipinski definition) is 4. The van der Waals surface area contributed by atoms with E-state index in [1.165, 1.54) is 19.3 Å². The molecule has 8 heteroatoms. The minimum Gasteiger partial charge on any atom is -0.489 e. The normalized spacial score (nSPS) is 14.6. The first kappa shape index (κ1) is 21.1. The summed E-state index contributed by atoms with van der Waals surface area (Å²) in [5, 5.41) is 28.2. The molecule has 0 unspecified atom stereocenters. The lowest BCUT2D eigenvalue weighted by atomic mass is 9.89. The minimum atomic E-state index is -0.255. The molecule has 8 nitrogen and oxygen atoms in total. The van der Waals surface area contributed by atoms with Crippen LogP contribution in [0.3, 0.4) is 0 Å². The number of aliphatic hydroxyl groups is 2. The van der Waals surface area contributed by atoms with Gasteiger partial charge in [-0.2, -0.15) is 5.10 Å². The van der Waals surface area contributed by atoms with Crippen molar-refractivity contribution in [3.05, 3.63) is 30.6 Å². The van der Waals surface area contributed by atoms with E-state index in [0.29, 0.717) is 30.4 Å². The lowest BCUT2D eigenvalue weighted by molar-refractivity contribution is 0.167. The van der Waals surface area contributed by atoms with Crippen LogP contribution in [0.15, 0.2) is 30.6 Å². The zero-order chi connectivity index (χ0) is 20.5. The number of benzene rings is 1. The predicted octanol–water partition coefficient (Wildman–Crippen LogP) is 2.85. The number of carbonyl (C=O) groups excluding carboxylic acids is 1. The number of aromatic nitrogens is 2. The van der Waals surface area contributed by atoms with Crippen molar-refractivity contribution in [3.8, 4) is 16.9 Å². The lowest BCUT2D eigenvalue weighted by Crippen LogP contribution is -2.40. The van der Waals surface area contributed by atoms with Crippen molar-refractivity contribution in [3.63, 3.8) is 0 Å². The van der Waals surface area contributed by atoms with Crippen LogP contribution >= 0.6 is 0 Å². The Morgan fingerprint density at radius 3 is 2.72 bits per heavy atom. The molecule has 0 spiro atoms. The number of ether oxygens (including phenoxy) is 1. The number of carbonyl (C=O) groups is 1. The van der Waals surface area contributed by atoms with Crippen molar-refractivity contribution in [1.82, 2.24) is 15.1 Å². The number of amides is 2. The maximum atomic E-state index is 12.9. The van der Waals surface area contributed by atoms with Crippen LogP contribution in [0.2, 0.25) is 0 Å². The molecule has 0 saturated heterocycles. The Morgan fingerprint density at radius 1 is 1.21 bits per heavy atom. The van der Waals surface area contributed by atoms with E-state index in [-0.39, 0.29) is 25.9 Å². The van der Waals surface area contributed by atoms with E-state index in [0.717, 1.165) is 24.0 Å². The average molecular weight is 402 g/mol. The number of aromatic amines is 1. The summed E-state index contributed by atoms with van der Waals surface area (Å²) in [6.07, 6.45) is 9.39. The molecular formula is C21H30N4O4. The smallest absolute Gasteiger partial charge is 0.322 e. The van der Waals surface area contributed by atoms with Gasteiger partial charge in [0.15, 0.2) is 0 Å². The SMILES string of the molecule is O=C(Nc1ccc(-c2cn[nH]c2)cc1OCCO)N(CCO)CC1CCCCC1. The highest BCUT2D eigenvalue weighted by Crippen LogP contribution is 2.31. The third-order valence-corrected chi connectivity index (χ3v) is 5.26. The summed E-state index contributed by atoms with van der Waals surface area (Å²) in [6.45, 7) is 0.865. The number of nitrogens with zero attached hydrogens (tertiary/aromatic N) is 2. The molecule has 3 rings (SSSR count). The number of nitrogens with one attached hydrogen (secondary N) is 2. The monoisotopic (exact) mass is 402 g/mol. The standard InChI is InChI=1S/C21H30N4O4/c26-9-8-25(15-16-4-2-1-3-5-16)21(28)24-19-7-6-17(18-13-22-23-14-18)12-20(19)29-11-10-27/h6-7,12-14,16,26-27H,1-5,8-11,15H2,(H,22,23)(H,24,28). The molecule has 2 aromatic rings. The van der Waals surface area contributed by atoms with Gasteiger partial charge in [-0.1, -0.05) is 25.3 Å². The molecule has 1 aliphatic carbocycles. The highest BCUT2D eigenvalue weighted by molar-refractivity contribution is 5.91. The zero-order valence-electron chi connectivity index (χ0n) is 16.6. The fourth-order valence-electron chi connectivity index (χ4n) is 3.76. The first-order chi connectivity index (χ1) is 14.2. The summed E-state index contributed by atoms with van der Waals surface area (Å²) < 4.78 is 5.65. The van der Waals surface area contributed by atoms with E-state index in [9.17, 15) is 9.90 Å². The molecule has 2 amide bonds. The molecule has 1 aromatic heterocycles. The highest BCUT2D eigenvalue weighted by atomic mass is 16.5. The van der Waals surface area contributed by atoms with Crippen LogP contribution in [0.25, 0.3) is 11.1 Å². The molecule has 158 valence electrons. The zero-order valence-corrected chi connectivity index (χ0v) is 16.6. The second kappa shape index (κ2) is 10.8. The molecule has 1 saturated carbocycles. The fourth-order valence-corrected chi connectivity index (χ4v) is 3.76. The summed E-state index contributed by atoms with van der Waals surface area (Å²) in [5.41, 5.74) is 2.32. The third-order valence-electron chi connectivity index (χ3n) is 5.26. The van der Waals surface area contributed by atoms with Gasteiger partial charge in [0.2, 0.25) is 0 Å². The Kier molecular flexibility index (Phi) is 7.89. The number of urea groups is 1. The summed E-state index contributed by atoms with van der Waals surface area (Å²) in [7, 11) is 0. The van der Waals surface area contributed by atoms with Crippen LogP contribution in [-0.4, -0.2) is 64.3 Å². The maximum absolute atomic E-state index is 12.9.